The van der Waals surface area contributed by atoms with Gasteiger partial charge >= 0.3 is 0 Å². The summed E-state index contributed by atoms with van der Waals surface area (Å²) in [6.07, 6.45) is 3.57. The molecule has 1 aliphatic carbocycles. The molecular weight excluding hydrogens is 361 g/mol. The van der Waals surface area contributed by atoms with Gasteiger partial charge in [-0.1, -0.05) is 5.16 Å². The van der Waals surface area contributed by atoms with E-state index >= 15 is 0 Å². The molecule has 0 saturated carbocycles. The maximum absolute atomic E-state index is 13.1. The zero-order valence-electron chi connectivity index (χ0n) is 13.9. The molecule has 1 fully saturated rings. The zero-order chi connectivity index (χ0) is 18.3. The number of amides is 1. The van der Waals surface area contributed by atoms with E-state index in [1.54, 1.807) is 0 Å². The Bertz CT molecular complexity index is 939. The average molecular weight is 379 g/mol. The molecule has 1 atom stereocenters. The molecule has 138 valence electrons. The summed E-state index contributed by atoms with van der Waals surface area (Å²) in [5.41, 5.74) is 1.74. The van der Waals surface area contributed by atoms with Gasteiger partial charge in [0, 0.05) is 12.1 Å². The van der Waals surface area contributed by atoms with E-state index in [-0.39, 0.29) is 11.4 Å². The van der Waals surface area contributed by atoms with Gasteiger partial charge in [-0.05, 0) is 56.4 Å². The van der Waals surface area contributed by atoms with Crippen LogP contribution in [0.25, 0.3) is 0 Å². The van der Waals surface area contributed by atoms with Crippen molar-refractivity contribution in [2.75, 3.05) is 11.9 Å². The second kappa shape index (κ2) is 6.48. The van der Waals surface area contributed by atoms with E-state index in [9.17, 15) is 17.6 Å². The zero-order valence-corrected chi connectivity index (χ0v) is 14.8. The highest BCUT2D eigenvalue weighted by Crippen LogP contribution is 2.31. The van der Waals surface area contributed by atoms with Crippen molar-refractivity contribution in [2.24, 2.45) is 0 Å². The summed E-state index contributed by atoms with van der Waals surface area (Å²) in [4.78, 5) is 12.7. The minimum Gasteiger partial charge on any atom is -0.338 e. The number of fused-ring (bicyclic) bond motifs is 1. The molecule has 2 aromatic rings. The van der Waals surface area contributed by atoms with E-state index in [4.69, 9.17) is 4.52 Å². The third-order valence-electron chi connectivity index (χ3n) is 4.87. The number of anilines is 1. The fourth-order valence-corrected chi connectivity index (χ4v) is 5.21. The van der Waals surface area contributed by atoms with Crippen molar-refractivity contribution < 1.29 is 22.1 Å². The van der Waals surface area contributed by atoms with E-state index in [2.05, 4.69) is 10.5 Å². The van der Waals surface area contributed by atoms with Gasteiger partial charge in [0.15, 0.2) is 0 Å². The molecule has 2 heterocycles. The first-order valence-electron chi connectivity index (χ1n) is 8.52. The van der Waals surface area contributed by atoms with Crippen molar-refractivity contribution in [3.8, 4) is 0 Å². The number of carbonyl (C=O) groups is 1. The Hall–Kier alpha value is -2.26. The van der Waals surface area contributed by atoms with E-state index < -0.39 is 27.8 Å². The van der Waals surface area contributed by atoms with Gasteiger partial charge in [-0.15, -0.1) is 0 Å². The molecule has 0 unspecified atom stereocenters. The van der Waals surface area contributed by atoms with E-state index in [1.165, 1.54) is 16.4 Å². The van der Waals surface area contributed by atoms with Crippen molar-refractivity contribution in [1.82, 2.24) is 9.46 Å². The minimum atomic E-state index is -3.88. The molecule has 2 aliphatic rings. The fourth-order valence-electron chi connectivity index (χ4n) is 3.55. The lowest BCUT2D eigenvalue weighted by Crippen LogP contribution is -2.43. The minimum absolute atomic E-state index is 0.0286. The quantitative estimate of drug-likeness (QED) is 0.878. The maximum Gasteiger partial charge on any atom is 0.245 e. The third kappa shape index (κ3) is 2.90. The predicted octanol–water partition coefficient (Wildman–Crippen LogP) is 2.09. The van der Waals surface area contributed by atoms with Crippen molar-refractivity contribution in [2.45, 2.75) is 43.0 Å². The summed E-state index contributed by atoms with van der Waals surface area (Å²) in [6.45, 7) is 0.242. The lowest BCUT2D eigenvalue weighted by atomic mass is 10.2. The van der Waals surface area contributed by atoms with Gasteiger partial charge in [-0.2, -0.15) is 4.31 Å². The van der Waals surface area contributed by atoms with Crippen LogP contribution in [0.4, 0.5) is 10.3 Å². The van der Waals surface area contributed by atoms with Crippen molar-refractivity contribution in [3.05, 3.63) is 41.3 Å². The van der Waals surface area contributed by atoms with Gasteiger partial charge in [-0.25, -0.2) is 12.8 Å². The normalized spacial score (nSPS) is 20.3. The molecule has 7 nitrogen and oxygen atoms in total. The number of carbonyl (C=O) groups excluding carboxylic acids is 1. The number of halogens is 1. The van der Waals surface area contributed by atoms with Crippen molar-refractivity contribution in [3.63, 3.8) is 0 Å². The van der Waals surface area contributed by atoms with Crippen LogP contribution >= 0.6 is 0 Å². The summed E-state index contributed by atoms with van der Waals surface area (Å²) in [5.74, 6) is -0.633. The largest absolute Gasteiger partial charge is 0.338 e. The van der Waals surface area contributed by atoms with Crippen LogP contribution in [0.5, 0.6) is 0 Å². The van der Waals surface area contributed by atoms with Crippen LogP contribution in [-0.2, 0) is 27.7 Å². The SMILES string of the molecule is O=C(Nc1onc2c1CCC2)[C@@H]1CCCN1S(=O)(=O)c1ccc(F)cc1. The lowest BCUT2D eigenvalue weighted by molar-refractivity contribution is -0.119. The van der Waals surface area contributed by atoms with Crippen LogP contribution in [-0.4, -0.2) is 36.4 Å². The van der Waals surface area contributed by atoms with Crippen molar-refractivity contribution in [1.29, 1.82) is 0 Å². The number of hydrogen-bond acceptors (Lipinski definition) is 5. The first-order chi connectivity index (χ1) is 12.5. The van der Waals surface area contributed by atoms with Crippen LogP contribution in [0.2, 0.25) is 0 Å². The van der Waals surface area contributed by atoms with Gasteiger partial charge in [0.25, 0.3) is 0 Å². The third-order valence-corrected chi connectivity index (χ3v) is 6.80. The van der Waals surface area contributed by atoms with Crippen LogP contribution < -0.4 is 5.32 Å². The van der Waals surface area contributed by atoms with Gasteiger partial charge in [0.1, 0.15) is 11.9 Å². The average Bonchev–Trinajstić information content (AvgIpc) is 3.33. The maximum atomic E-state index is 13.1. The molecule has 1 aliphatic heterocycles. The molecule has 1 aromatic heterocycles. The van der Waals surface area contributed by atoms with E-state index in [0.717, 1.165) is 42.7 Å². The Morgan fingerprint density at radius 3 is 2.77 bits per heavy atom. The number of aromatic nitrogens is 1. The monoisotopic (exact) mass is 379 g/mol. The number of aryl methyl sites for hydroxylation is 1. The van der Waals surface area contributed by atoms with Gasteiger partial charge in [0.2, 0.25) is 21.8 Å². The molecule has 1 saturated heterocycles. The Morgan fingerprint density at radius 1 is 1.23 bits per heavy atom. The Balaban J connectivity index is 1.56. The lowest BCUT2D eigenvalue weighted by Gasteiger charge is -2.23. The highest BCUT2D eigenvalue weighted by molar-refractivity contribution is 7.89. The highest BCUT2D eigenvalue weighted by atomic mass is 32.2. The Morgan fingerprint density at radius 2 is 2.00 bits per heavy atom. The highest BCUT2D eigenvalue weighted by Gasteiger charge is 2.40. The Kier molecular flexibility index (Phi) is 4.28. The summed E-state index contributed by atoms with van der Waals surface area (Å²) in [6, 6.07) is 3.78. The predicted molar refractivity (Wildman–Crippen MR) is 90.5 cm³/mol. The van der Waals surface area contributed by atoms with Crippen LogP contribution in [0.3, 0.4) is 0 Å². The first kappa shape index (κ1) is 17.2. The van der Waals surface area contributed by atoms with Gasteiger partial charge in [-0.3, -0.25) is 10.1 Å². The Labute approximate surface area is 150 Å². The summed E-state index contributed by atoms with van der Waals surface area (Å²) in [7, 11) is -3.88. The van der Waals surface area contributed by atoms with Crippen LogP contribution in [0, 0.1) is 5.82 Å². The number of benzene rings is 1. The van der Waals surface area contributed by atoms with Gasteiger partial charge in [0.05, 0.1) is 10.6 Å². The van der Waals surface area contributed by atoms with E-state index in [0.29, 0.717) is 18.7 Å². The molecule has 0 radical (unpaired) electrons. The first-order valence-corrected chi connectivity index (χ1v) is 9.96. The smallest absolute Gasteiger partial charge is 0.245 e. The number of hydrogen-bond donors (Lipinski definition) is 1. The fraction of sp³-hybridized carbons (Fsp3) is 0.412. The second-order valence-electron chi connectivity index (χ2n) is 6.51. The van der Waals surface area contributed by atoms with E-state index in [1.807, 2.05) is 0 Å². The molecule has 1 amide bonds. The van der Waals surface area contributed by atoms with Gasteiger partial charge < -0.3 is 4.52 Å². The summed E-state index contributed by atoms with van der Waals surface area (Å²) in [5, 5.41) is 6.64. The molecule has 0 bridgehead atoms. The molecule has 1 N–H and O–H groups in total. The topological polar surface area (TPSA) is 92.5 Å². The number of nitrogens with one attached hydrogen (secondary N) is 1. The number of sulfonamides is 1. The van der Waals surface area contributed by atoms with Crippen LogP contribution in [0.15, 0.2) is 33.7 Å². The van der Waals surface area contributed by atoms with Crippen molar-refractivity contribution >= 4 is 21.8 Å². The summed E-state index contributed by atoms with van der Waals surface area (Å²) >= 11 is 0. The number of nitrogens with zero attached hydrogens (tertiary/aromatic N) is 2. The standard InChI is InChI=1S/C17H18FN3O4S/c18-11-6-8-12(9-7-11)26(23,24)21-10-2-5-15(21)16(22)19-17-13-3-1-4-14(13)20-25-17/h6-9,15H,1-5,10H2,(H,19,22)/t15-/m0/s1. The molecular formula is C17H18FN3O4S. The number of rotatable bonds is 4. The second-order valence-corrected chi connectivity index (χ2v) is 8.40. The van der Waals surface area contributed by atoms with Crippen LogP contribution in [0.1, 0.15) is 30.5 Å². The molecule has 9 heteroatoms. The summed E-state index contributed by atoms with van der Waals surface area (Å²) < 4.78 is 45.1. The molecule has 0 spiro atoms. The molecule has 26 heavy (non-hydrogen) atoms. The molecule has 1 aromatic carbocycles. The molecule has 4 rings (SSSR count).